The number of rotatable bonds is 4. The van der Waals surface area contributed by atoms with Gasteiger partial charge in [0.15, 0.2) is 5.76 Å². The molecule has 5 rings (SSSR count). The van der Waals surface area contributed by atoms with Crippen LogP contribution >= 0.6 is 0 Å². The fraction of sp³-hybridized carbons (Fsp3) is 0.375. The number of hydrogen-bond acceptors (Lipinski definition) is 6. The van der Waals surface area contributed by atoms with Crippen molar-refractivity contribution in [3.63, 3.8) is 0 Å². The highest BCUT2D eigenvalue weighted by Gasteiger charge is 2.25. The van der Waals surface area contributed by atoms with Crippen molar-refractivity contribution in [2.75, 3.05) is 36.0 Å². The molecule has 31 heavy (non-hydrogen) atoms. The average Bonchev–Trinajstić information content (AvgIpc) is 3.44. The molecule has 0 unspecified atom stereocenters. The molecule has 160 valence electrons. The van der Waals surface area contributed by atoms with Crippen LogP contribution in [0.2, 0.25) is 0 Å². The van der Waals surface area contributed by atoms with Crippen LogP contribution in [0.15, 0.2) is 41.0 Å². The highest BCUT2D eigenvalue weighted by Crippen LogP contribution is 2.29. The maximum absolute atomic E-state index is 5.52. The number of benzene rings is 1. The van der Waals surface area contributed by atoms with Crippen LogP contribution in [0.3, 0.4) is 0 Å². The summed E-state index contributed by atoms with van der Waals surface area (Å²) in [6.45, 7) is 12.4. The van der Waals surface area contributed by atoms with Gasteiger partial charge in [-0.3, -0.25) is 0 Å². The van der Waals surface area contributed by atoms with Crippen LogP contribution < -0.4 is 9.80 Å². The number of piperazine rings is 1. The van der Waals surface area contributed by atoms with Crippen LogP contribution in [0, 0.1) is 20.8 Å². The summed E-state index contributed by atoms with van der Waals surface area (Å²) >= 11 is 0. The molecular weight excluding hydrogens is 388 g/mol. The minimum Gasteiger partial charge on any atom is -0.461 e. The van der Waals surface area contributed by atoms with Crippen molar-refractivity contribution in [2.45, 2.75) is 34.1 Å². The molecule has 1 aromatic carbocycles. The first-order chi connectivity index (χ1) is 15.1. The Morgan fingerprint density at radius 2 is 1.71 bits per heavy atom. The lowest BCUT2D eigenvalue weighted by Gasteiger charge is -2.38. The lowest BCUT2D eigenvalue weighted by molar-refractivity contribution is 0.577. The third-order valence-corrected chi connectivity index (χ3v) is 6.36. The predicted octanol–water partition coefficient (Wildman–Crippen LogP) is 4.20. The molecule has 0 radical (unpaired) electrons. The second-order valence-electron chi connectivity index (χ2n) is 8.17. The summed E-state index contributed by atoms with van der Waals surface area (Å²) < 4.78 is 7.42. The van der Waals surface area contributed by atoms with Crippen molar-refractivity contribution in [1.29, 1.82) is 0 Å². The molecule has 4 heterocycles. The van der Waals surface area contributed by atoms with Crippen LogP contribution in [-0.2, 0) is 6.42 Å². The molecule has 1 saturated heterocycles. The summed E-state index contributed by atoms with van der Waals surface area (Å²) in [7, 11) is 0. The third-order valence-electron chi connectivity index (χ3n) is 6.36. The van der Waals surface area contributed by atoms with E-state index in [-0.39, 0.29) is 0 Å². The maximum atomic E-state index is 5.52. The second-order valence-corrected chi connectivity index (χ2v) is 8.17. The zero-order chi connectivity index (χ0) is 21.5. The molecule has 3 aromatic heterocycles. The molecule has 4 aromatic rings. The summed E-state index contributed by atoms with van der Waals surface area (Å²) in [5.74, 6) is 2.95. The SMILES string of the molecule is CCc1c(C)nc2nc(-c3ccco3)nn2c1N1CCN(c2cccc(C)c2C)CC1. The van der Waals surface area contributed by atoms with Crippen LogP contribution in [0.1, 0.15) is 29.3 Å². The normalized spacial score (nSPS) is 14.6. The van der Waals surface area contributed by atoms with Gasteiger partial charge in [-0.25, -0.2) is 4.98 Å². The monoisotopic (exact) mass is 416 g/mol. The molecule has 0 saturated carbocycles. The van der Waals surface area contributed by atoms with Crippen molar-refractivity contribution in [3.05, 3.63) is 59.0 Å². The Hall–Kier alpha value is -3.35. The van der Waals surface area contributed by atoms with Gasteiger partial charge in [-0.1, -0.05) is 19.1 Å². The lowest BCUT2D eigenvalue weighted by Crippen LogP contribution is -2.47. The van der Waals surface area contributed by atoms with Gasteiger partial charge in [-0.05, 0) is 56.5 Å². The highest BCUT2D eigenvalue weighted by molar-refractivity contribution is 5.61. The van der Waals surface area contributed by atoms with E-state index in [9.17, 15) is 0 Å². The van der Waals surface area contributed by atoms with Gasteiger partial charge in [0.1, 0.15) is 5.82 Å². The smallest absolute Gasteiger partial charge is 0.255 e. The van der Waals surface area contributed by atoms with Gasteiger partial charge in [-0.2, -0.15) is 9.50 Å². The Bertz CT molecular complexity index is 1220. The minimum absolute atomic E-state index is 0.570. The fourth-order valence-corrected chi connectivity index (χ4v) is 4.51. The topological polar surface area (TPSA) is 62.7 Å². The molecule has 0 bridgehead atoms. The summed E-state index contributed by atoms with van der Waals surface area (Å²) in [6, 6.07) is 10.3. The standard InChI is InChI=1S/C24H28N6O/c1-5-19-18(4)25-24-26-22(21-10-7-15-31-21)27-30(24)23(19)29-13-11-28(12-14-29)20-9-6-8-16(2)17(20)3/h6-10,15H,5,11-14H2,1-4H3. The molecule has 7 nitrogen and oxygen atoms in total. The maximum Gasteiger partial charge on any atom is 0.255 e. The van der Waals surface area contributed by atoms with Crippen LogP contribution in [-0.4, -0.2) is 45.8 Å². The molecular formula is C24H28N6O. The van der Waals surface area contributed by atoms with Gasteiger partial charge in [-0.15, -0.1) is 5.10 Å². The van der Waals surface area contributed by atoms with Gasteiger partial charge >= 0.3 is 0 Å². The Morgan fingerprint density at radius 3 is 2.42 bits per heavy atom. The van der Waals surface area contributed by atoms with Crippen molar-refractivity contribution < 1.29 is 4.42 Å². The van der Waals surface area contributed by atoms with E-state index in [4.69, 9.17) is 14.5 Å². The van der Waals surface area contributed by atoms with E-state index in [1.165, 1.54) is 22.4 Å². The molecule has 0 atom stereocenters. The second kappa shape index (κ2) is 7.72. The van der Waals surface area contributed by atoms with E-state index in [2.05, 4.69) is 60.7 Å². The van der Waals surface area contributed by atoms with Crippen LogP contribution in [0.5, 0.6) is 0 Å². The predicted molar refractivity (Wildman–Crippen MR) is 123 cm³/mol. The van der Waals surface area contributed by atoms with Gasteiger partial charge in [0.25, 0.3) is 5.78 Å². The summed E-state index contributed by atoms with van der Waals surface area (Å²) in [4.78, 5) is 14.3. The molecule has 7 heteroatoms. The Labute approximate surface area is 182 Å². The molecule has 1 aliphatic heterocycles. The fourth-order valence-electron chi connectivity index (χ4n) is 4.51. The van der Waals surface area contributed by atoms with E-state index in [1.807, 2.05) is 16.6 Å². The van der Waals surface area contributed by atoms with Gasteiger partial charge in [0.05, 0.1) is 6.26 Å². The molecule has 0 aliphatic carbocycles. The number of hydrogen-bond donors (Lipinski definition) is 0. The quantitative estimate of drug-likeness (QED) is 0.497. The number of furan rings is 1. The van der Waals surface area contributed by atoms with E-state index >= 15 is 0 Å². The number of nitrogens with zero attached hydrogens (tertiary/aromatic N) is 6. The van der Waals surface area contributed by atoms with Crippen molar-refractivity contribution >= 4 is 17.3 Å². The van der Waals surface area contributed by atoms with Crippen molar-refractivity contribution in [1.82, 2.24) is 19.6 Å². The first-order valence-corrected chi connectivity index (χ1v) is 10.9. The van der Waals surface area contributed by atoms with Gasteiger partial charge < -0.3 is 14.2 Å². The van der Waals surface area contributed by atoms with Gasteiger partial charge in [0.2, 0.25) is 5.82 Å². The number of aromatic nitrogens is 4. The largest absolute Gasteiger partial charge is 0.461 e. The first-order valence-electron chi connectivity index (χ1n) is 10.9. The summed E-state index contributed by atoms with van der Waals surface area (Å²) in [5.41, 5.74) is 6.29. The van der Waals surface area contributed by atoms with E-state index < -0.39 is 0 Å². The number of aryl methyl sites for hydroxylation is 2. The van der Waals surface area contributed by atoms with E-state index in [1.54, 1.807) is 6.26 Å². The summed E-state index contributed by atoms with van der Waals surface area (Å²) in [5, 5.41) is 4.78. The highest BCUT2D eigenvalue weighted by atomic mass is 16.3. The van der Waals surface area contributed by atoms with Gasteiger partial charge in [0, 0.05) is 43.1 Å². The number of fused-ring (bicyclic) bond motifs is 1. The number of anilines is 2. The minimum atomic E-state index is 0.570. The van der Waals surface area contributed by atoms with Crippen molar-refractivity contribution in [3.8, 4) is 11.6 Å². The Balaban J connectivity index is 1.50. The van der Waals surface area contributed by atoms with Crippen LogP contribution in [0.4, 0.5) is 11.5 Å². The average molecular weight is 417 g/mol. The van der Waals surface area contributed by atoms with Crippen LogP contribution in [0.25, 0.3) is 17.4 Å². The Morgan fingerprint density at radius 1 is 0.935 bits per heavy atom. The molecule has 1 aliphatic rings. The first kappa shape index (κ1) is 19.6. The summed E-state index contributed by atoms with van der Waals surface area (Å²) in [6.07, 6.45) is 2.54. The molecule has 0 N–H and O–H groups in total. The van der Waals surface area contributed by atoms with E-state index in [0.717, 1.165) is 44.1 Å². The third kappa shape index (κ3) is 3.34. The zero-order valence-corrected chi connectivity index (χ0v) is 18.6. The lowest BCUT2D eigenvalue weighted by atomic mass is 10.1. The molecule has 1 fully saturated rings. The molecule has 0 amide bonds. The Kier molecular flexibility index (Phi) is 4.88. The van der Waals surface area contributed by atoms with Crippen molar-refractivity contribution in [2.24, 2.45) is 0 Å². The van der Waals surface area contributed by atoms with E-state index in [0.29, 0.717) is 17.4 Å². The zero-order valence-electron chi connectivity index (χ0n) is 18.6. The molecule has 0 spiro atoms.